The molecule has 0 saturated carbocycles. The standard InChI is InChI=1S/C9H13N5O/c1-5-8(7(3)15-12-5)4-14-6(2)9(10)11-13-14/h4,10H2,1-3H3. The lowest BCUT2D eigenvalue weighted by Gasteiger charge is -2.01. The number of nitrogens with two attached hydrogens (primary N) is 1. The molecule has 2 heterocycles. The molecule has 0 fully saturated rings. The maximum atomic E-state index is 5.61. The number of aromatic nitrogens is 4. The molecule has 2 aromatic rings. The maximum Gasteiger partial charge on any atom is 0.168 e. The Morgan fingerprint density at radius 1 is 1.33 bits per heavy atom. The van der Waals surface area contributed by atoms with Crippen LogP contribution in [0.2, 0.25) is 0 Å². The largest absolute Gasteiger partial charge is 0.381 e. The van der Waals surface area contributed by atoms with E-state index in [1.165, 1.54) is 0 Å². The highest BCUT2D eigenvalue weighted by Crippen LogP contribution is 2.15. The van der Waals surface area contributed by atoms with E-state index in [9.17, 15) is 0 Å². The van der Waals surface area contributed by atoms with Gasteiger partial charge >= 0.3 is 0 Å². The smallest absolute Gasteiger partial charge is 0.168 e. The van der Waals surface area contributed by atoms with Gasteiger partial charge in [0.1, 0.15) is 5.76 Å². The third-order valence-electron chi connectivity index (χ3n) is 2.51. The predicted molar refractivity (Wildman–Crippen MR) is 54.3 cm³/mol. The highest BCUT2D eigenvalue weighted by atomic mass is 16.5. The summed E-state index contributed by atoms with van der Waals surface area (Å²) in [5, 5.41) is 11.6. The molecule has 0 spiro atoms. The number of anilines is 1. The molecule has 15 heavy (non-hydrogen) atoms. The average Bonchev–Trinajstić information content (AvgIpc) is 2.68. The fraction of sp³-hybridized carbons (Fsp3) is 0.444. The van der Waals surface area contributed by atoms with Gasteiger partial charge in [0.05, 0.1) is 17.9 Å². The van der Waals surface area contributed by atoms with Gasteiger partial charge in [0.25, 0.3) is 0 Å². The molecule has 0 aromatic carbocycles. The van der Waals surface area contributed by atoms with Gasteiger partial charge in [-0.1, -0.05) is 10.4 Å². The van der Waals surface area contributed by atoms with Crippen molar-refractivity contribution in [1.29, 1.82) is 0 Å². The van der Waals surface area contributed by atoms with Crippen LogP contribution in [-0.4, -0.2) is 20.2 Å². The van der Waals surface area contributed by atoms with Crippen LogP contribution in [0.1, 0.15) is 22.7 Å². The summed E-state index contributed by atoms with van der Waals surface area (Å²) in [6.07, 6.45) is 0. The van der Waals surface area contributed by atoms with E-state index in [2.05, 4.69) is 15.5 Å². The minimum absolute atomic E-state index is 0.460. The predicted octanol–water partition coefficient (Wildman–Crippen LogP) is 0.822. The van der Waals surface area contributed by atoms with Crippen LogP contribution >= 0.6 is 0 Å². The minimum atomic E-state index is 0.460. The van der Waals surface area contributed by atoms with Gasteiger partial charge in [0.2, 0.25) is 0 Å². The summed E-state index contributed by atoms with van der Waals surface area (Å²) in [4.78, 5) is 0. The van der Waals surface area contributed by atoms with Crippen molar-refractivity contribution < 1.29 is 4.52 Å². The Morgan fingerprint density at radius 2 is 2.07 bits per heavy atom. The lowest BCUT2D eigenvalue weighted by molar-refractivity contribution is 0.391. The molecule has 2 aromatic heterocycles. The Kier molecular flexibility index (Phi) is 2.18. The molecular formula is C9H13N5O. The molecule has 0 aliphatic rings. The quantitative estimate of drug-likeness (QED) is 0.788. The second kappa shape index (κ2) is 3.38. The van der Waals surface area contributed by atoms with E-state index in [0.717, 1.165) is 22.7 Å². The molecule has 6 heteroatoms. The molecule has 0 aliphatic carbocycles. The first-order chi connectivity index (χ1) is 7.09. The highest BCUT2D eigenvalue weighted by molar-refractivity contribution is 5.32. The molecule has 0 saturated heterocycles. The monoisotopic (exact) mass is 207 g/mol. The van der Waals surface area contributed by atoms with Crippen molar-refractivity contribution in [1.82, 2.24) is 20.2 Å². The van der Waals surface area contributed by atoms with E-state index < -0.39 is 0 Å². The number of hydrogen-bond acceptors (Lipinski definition) is 5. The van der Waals surface area contributed by atoms with Gasteiger partial charge in [-0.2, -0.15) is 0 Å². The van der Waals surface area contributed by atoms with Gasteiger partial charge in [-0.25, -0.2) is 4.68 Å². The molecule has 0 amide bonds. The van der Waals surface area contributed by atoms with Gasteiger partial charge in [-0.05, 0) is 20.8 Å². The minimum Gasteiger partial charge on any atom is -0.381 e. The lowest BCUT2D eigenvalue weighted by Crippen LogP contribution is -2.05. The van der Waals surface area contributed by atoms with Crippen LogP contribution in [0.25, 0.3) is 0 Å². The molecule has 6 nitrogen and oxygen atoms in total. The van der Waals surface area contributed by atoms with Gasteiger partial charge in [-0.3, -0.25) is 0 Å². The Morgan fingerprint density at radius 3 is 2.53 bits per heavy atom. The number of aryl methyl sites for hydroxylation is 2. The number of hydrogen-bond donors (Lipinski definition) is 1. The Bertz CT molecular complexity index is 465. The maximum absolute atomic E-state index is 5.61. The van der Waals surface area contributed by atoms with Crippen molar-refractivity contribution in [3.8, 4) is 0 Å². The summed E-state index contributed by atoms with van der Waals surface area (Å²) in [7, 11) is 0. The highest BCUT2D eigenvalue weighted by Gasteiger charge is 2.12. The fourth-order valence-corrected chi connectivity index (χ4v) is 1.40. The second-order valence-electron chi connectivity index (χ2n) is 3.52. The van der Waals surface area contributed by atoms with Gasteiger partial charge in [0.15, 0.2) is 5.82 Å². The van der Waals surface area contributed by atoms with E-state index in [4.69, 9.17) is 10.3 Å². The van der Waals surface area contributed by atoms with Crippen molar-refractivity contribution >= 4 is 5.82 Å². The van der Waals surface area contributed by atoms with Crippen LogP contribution in [0.15, 0.2) is 4.52 Å². The summed E-state index contributed by atoms with van der Waals surface area (Å²) < 4.78 is 6.81. The van der Waals surface area contributed by atoms with Gasteiger partial charge < -0.3 is 10.3 Å². The molecule has 0 atom stereocenters. The first kappa shape index (κ1) is 9.70. The van der Waals surface area contributed by atoms with Gasteiger partial charge in [-0.15, -0.1) is 5.10 Å². The molecule has 2 N–H and O–H groups in total. The van der Waals surface area contributed by atoms with E-state index in [1.54, 1.807) is 4.68 Å². The van der Waals surface area contributed by atoms with E-state index >= 15 is 0 Å². The zero-order chi connectivity index (χ0) is 11.0. The van der Waals surface area contributed by atoms with Crippen LogP contribution in [0.3, 0.4) is 0 Å². The molecule has 0 unspecified atom stereocenters. The Hall–Kier alpha value is -1.85. The third kappa shape index (κ3) is 1.58. The Labute approximate surface area is 87.0 Å². The zero-order valence-electron chi connectivity index (χ0n) is 8.98. The molecule has 80 valence electrons. The van der Waals surface area contributed by atoms with E-state index in [0.29, 0.717) is 12.4 Å². The van der Waals surface area contributed by atoms with Crippen molar-refractivity contribution in [2.24, 2.45) is 0 Å². The van der Waals surface area contributed by atoms with Crippen molar-refractivity contribution in [3.63, 3.8) is 0 Å². The number of nitrogen functional groups attached to an aromatic ring is 1. The van der Waals surface area contributed by atoms with Crippen LogP contribution in [0.4, 0.5) is 5.82 Å². The van der Waals surface area contributed by atoms with Crippen molar-refractivity contribution in [2.45, 2.75) is 27.3 Å². The molecule has 0 bridgehead atoms. The molecular weight excluding hydrogens is 194 g/mol. The fourth-order valence-electron chi connectivity index (χ4n) is 1.40. The SMILES string of the molecule is Cc1noc(C)c1Cn1nnc(N)c1C. The van der Waals surface area contributed by atoms with Crippen LogP contribution in [-0.2, 0) is 6.54 Å². The first-order valence-electron chi connectivity index (χ1n) is 4.67. The number of nitrogens with zero attached hydrogens (tertiary/aromatic N) is 4. The summed E-state index contributed by atoms with van der Waals surface area (Å²) in [6, 6.07) is 0. The van der Waals surface area contributed by atoms with E-state index in [1.807, 2.05) is 20.8 Å². The van der Waals surface area contributed by atoms with Crippen LogP contribution < -0.4 is 5.73 Å². The average molecular weight is 207 g/mol. The van der Waals surface area contributed by atoms with Crippen molar-refractivity contribution in [2.75, 3.05) is 5.73 Å². The first-order valence-corrected chi connectivity index (χ1v) is 4.67. The second-order valence-corrected chi connectivity index (χ2v) is 3.52. The normalized spacial score (nSPS) is 10.9. The molecule has 0 aliphatic heterocycles. The van der Waals surface area contributed by atoms with Crippen LogP contribution in [0, 0.1) is 20.8 Å². The third-order valence-corrected chi connectivity index (χ3v) is 2.51. The summed E-state index contributed by atoms with van der Waals surface area (Å²) in [5.41, 5.74) is 8.38. The zero-order valence-corrected chi connectivity index (χ0v) is 8.98. The van der Waals surface area contributed by atoms with E-state index in [-0.39, 0.29) is 0 Å². The van der Waals surface area contributed by atoms with Gasteiger partial charge in [0, 0.05) is 5.56 Å². The van der Waals surface area contributed by atoms with Crippen LogP contribution in [0.5, 0.6) is 0 Å². The Balaban J connectivity index is 2.33. The summed E-state index contributed by atoms with van der Waals surface area (Å²) in [6.45, 7) is 6.26. The molecule has 2 rings (SSSR count). The van der Waals surface area contributed by atoms with Crippen molar-refractivity contribution in [3.05, 3.63) is 22.7 Å². The lowest BCUT2D eigenvalue weighted by atomic mass is 10.2. The number of rotatable bonds is 2. The topological polar surface area (TPSA) is 82.8 Å². The summed E-state index contributed by atoms with van der Waals surface area (Å²) >= 11 is 0. The molecule has 0 radical (unpaired) electrons. The summed E-state index contributed by atoms with van der Waals surface area (Å²) in [5.74, 6) is 1.27.